The average molecular weight is 496 g/mol. The van der Waals surface area contributed by atoms with Crippen LogP contribution in [0.15, 0.2) is 42.6 Å². The average Bonchev–Trinajstić information content (AvgIpc) is 2.93. The summed E-state index contributed by atoms with van der Waals surface area (Å²) in [7, 11) is 0. The van der Waals surface area contributed by atoms with Gasteiger partial charge in [0.15, 0.2) is 6.29 Å². The fraction of sp³-hybridized carbons (Fsp3) is 0.656. The largest absolute Gasteiger partial charge is 0.494 e. The third kappa shape index (κ3) is 10.6. The molecule has 0 spiro atoms. The van der Waals surface area contributed by atoms with Crippen molar-refractivity contribution in [3.8, 4) is 17.0 Å². The highest BCUT2D eigenvalue weighted by molar-refractivity contribution is 5.60. The number of hydrogen-bond donors (Lipinski definition) is 0. The summed E-state index contributed by atoms with van der Waals surface area (Å²) in [4.78, 5) is 4.67. The van der Waals surface area contributed by atoms with Crippen LogP contribution in [0, 0.1) is 5.92 Å². The second kappa shape index (κ2) is 17.5. The van der Waals surface area contributed by atoms with Gasteiger partial charge in [-0.25, -0.2) is 0 Å². The van der Waals surface area contributed by atoms with Gasteiger partial charge in [-0.1, -0.05) is 97.0 Å². The number of aromatic nitrogens is 1. The summed E-state index contributed by atoms with van der Waals surface area (Å²) in [6.07, 6.45) is 19.9. The highest BCUT2D eigenvalue weighted by atomic mass is 16.7. The molecular weight excluding hydrogens is 446 g/mol. The smallest absolute Gasteiger partial charge is 0.185 e. The number of unbranched alkanes of at least 4 members (excludes halogenated alkanes) is 11. The topological polar surface area (TPSA) is 40.6 Å². The molecule has 1 fully saturated rings. The molecule has 200 valence electrons. The standard InChI is InChI=1S/C32H49NO3/c1-3-5-7-9-11-12-14-16-27-25-35-32(36-26-27)29-19-22-31(33-24-29)28-17-20-30(21-18-28)34-23-15-13-10-8-6-4-2/h17-22,24,27,32H,3-16,23,25-26H2,1-2H3/t27-,32-. The Morgan fingerprint density at radius 1 is 0.722 bits per heavy atom. The van der Waals surface area contributed by atoms with E-state index < -0.39 is 0 Å². The SMILES string of the molecule is CCCCCCCCC[C@H]1CO[C@H](c2ccc(-c3ccc(OCCCCCCCC)cc3)nc2)OC1. The molecule has 0 atom stereocenters. The van der Waals surface area contributed by atoms with E-state index in [9.17, 15) is 0 Å². The van der Waals surface area contributed by atoms with E-state index in [1.54, 1.807) is 0 Å². The Labute approximate surface area is 220 Å². The van der Waals surface area contributed by atoms with Crippen LogP contribution in [0.5, 0.6) is 5.75 Å². The number of ether oxygens (including phenoxy) is 3. The number of nitrogens with zero attached hydrogens (tertiary/aromatic N) is 1. The third-order valence-corrected chi connectivity index (χ3v) is 7.16. The van der Waals surface area contributed by atoms with Gasteiger partial charge in [0, 0.05) is 23.2 Å². The van der Waals surface area contributed by atoms with Crippen LogP contribution < -0.4 is 4.74 Å². The summed E-state index contributed by atoms with van der Waals surface area (Å²) >= 11 is 0. The van der Waals surface area contributed by atoms with Crippen LogP contribution >= 0.6 is 0 Å². The van der Waals surface area contributed by atoms with Crippen molar-refractivity contribution in [3.05, 3.63) is 48.2 Å². The maximum Gasteiger partial charge on any atom is 0.185 e. The monoisotopic (exact) mass is 495 g/mol. The predicted molar refractivity (Wildman–Crippen MR) is 149 cm³/mol. The summed E-state index contributed by atoms with van der Waals surface area (Å²) in [5.41, 5.74) is 3.04. The molecule has 1 aliphatic rings. The van der Waals surface area contributed by atoms with Gasteiger partial charge in [0.25, 0.3) is 0 Å². The van der Waals surface area contributed by atoms with Crippen LogP contribution in [0.25, 0.3) is 11.3 Å². The van der Waals surface area contributed by atoms with Crippen molar-refractivity contribution in [1.29, 1.82) is 0 Å². The first-order valence-electron chi connectivity index (χ1n) is 14.7. The van der Waals surface area contributed by atoms with Gasteiger partial charge in [-0.2, -0.15) is 0 Å². The van der Waals surface area contributed by atoms with Crippen LogP contribution in [0.1, 0.15) is 116 Å². The molecule has 1 saturated heterocycles. The Morgan fingerprint density at radius 2 is 1.33 bits per heavy atom. The van der Waals surface area contributed by atoms with E-state index in [1.807, 2.05) is 18.3 Å². The van der Waals surface area contributed by atoms with Crippen LogP contribution in [-0.2, 0) is 9.47 Å². The molecule has 3 rings (SSSR count). The van der Waals surface area contributed by atoms with E-state index >= 15 is 0 Å². The van der Waals surface area contributed by atoms with Crippen LogP contribution in [0.3, 0.4) is 0 Å². The summed E-state index contributed by atoms with van der Waals surface area (Å²) in [6.45, 7) is 6.88. The minimum absolute atomic E-state index is 0.297. The predicted octanol–water partition coefficient (Wildman–Crippen LogP) is 9.29. The molecule has 4 nitrogen and oxygen atoms in total. The van der Waals surface area contributed by atoms with E-state index in [-0.39, 0.29) is 6.29 Å². The lowest BCUT2D eigenvalue weighted by Gasteiger charge is -2.29. The van der Waals surface area contributed by atoms with E-state index in [0.29, 0.717) is 5.92 Å². The lowest BCUT2D eigenvalue weighted by molar-refractivity contribution is -0.206. The number of rotatable bonds is 18. The molecule has 0 amide bonds. The maximum atomic E-state index is 6.04. The zero-order valence-corrected chi connectivity index (χ0v) is 22.9. The Morgan fingerprint density at radius 3 is 1.94 bits per heavy atom. The van der Waals surface area contributed by atoms with Gasteiger partial charge in [0.2, 0.25) is 0 Å². The molecule has 36 heavy (non-hydrogen) atoms. The number of pyridine rings is 1. The quantitative estimate of drug-likeness (QED) is 0.193. The molecule has 4 heteroatoms. The molecule has 0 radical (unpaired) electrons. The van der Waals surface area contributed by atoms with Crippen molar-refractivity contribution in [2.45, 2.75) is 110 Å². The molecular formula is C32H49NO3. The maximum absolute atomic E-state index is 6.04. The van der Waals surface area contributed by atoms with Crippen molar-refractivity contribution in [2.24, 2.45) is 5.92 Å². The first-order chi connectivity index (χ1) is 17.8. The fourth-order valence-electron chi connectivity index (χ4n) is 4.80. The van der Waals surface area contributed by atoms with Gasteiger partial charge in [0.05, 0.1) is 25.5 Å². The van der Waals surface area contributed by atoms with Gasteiger partial charge in [-0.3, -0.25) is 4.98 Å². The summed E-state index contributed by atoms with van der Waals surface area (Å²) in [6, 6.07) is 12.4. The molecule has 0 N–H and O–H groups in total. The van der Waals surface area contributed by atoms with Gasteiger partial charge in [-0.05, 0) is 43.2 Å². The van der Waals surface area contributed by atoms with Gasteiger partial charge in [0.1, 0.15) is 5.75 Å². The minimum atomic E-state index is -0.297. The Bertz CT molecular complexity index is 797. The molecule has 2 aromatic rings. The minimum Gasteiger partial charge on any atom is -0.494 e. The molecule has 0 saturated carbocycles. The van der Waals surface area contributed by atoms with E-state index in [2.05, 4.69) is 43.1 Å². The highest BCUT2D eigenvalue weighted by Gasteiger charge is 2.23. The molecule has 1 aromatic heterocycles. The van der Waals surface area contributed by atoms with Gasteiger partial charge >= 0.3 is 0 Å². The molecule has 1 aliphatic heterocycles. The summed E-state index contributed by atoms with van der Waals surface area (Å²) < 4.78 is 18.0. The molecule has 0 aliphatic carbocycles. The Balaban J connectivity index is 1.33. The zero-order chi connectivity index (χ0) is 25.3. The normalized spacial score (nSPS) is 17.8. The number of hydrogen-bond acceptors (Lipinski definition) is 4. The van der Waals surface area contributed by atoms with Crippen LogP contribution in [0.2, 0.25) is 0 Å². The van der Waals surface area contributed by atoms with E-state index in [0.717, 1.165) is 48.8 Å². The second-order valence-corrected chi connectivity index (χ2v) is 10.4. The molecule has 2 heterocycles. The van der Waals surface area contributed by atoms with E-state index in [1.165, 1.54) is 83.5 Å². The zero-order valence-electron chi connectivity index (χ0n) is 22.9. The third-order valence-electron chi connectivity index (χ3n) is 7.16. The Hall–Kier alpha value is -1.91. The van der Waals surface area contributed by atoms with Crippen molar-refractivity contribution >= 4 is 0 Å². The molecule has 1 aromatic carbocycles. The van der Waals surface area contributed by atoms with Crippen LogP contribution in [-0.4, -0.2) is 24.8 Å². The fourth-order valence-corrected chi connectivity index (χ4v) is 4.80. The van der Waals surface area contributed by atoms with Crippen molar-refractivity contribution in [3.63, 3.8) is 0 Å². The first kappa shape index (κ1) is 28.7. The highest BCUT2D eigenvalue weighted by Crippen LogP contribution is 2.28. The van der Waals surface area contributed by atoms with Crippen molar-refractivity contribution < 1.29 is 14.2 Å². The molecule has 0 unspecified atom stereocenters. The van der Waals surface area contributed by atoms with Gasteiger partial charge in [-0.15, -0.1) is 0 Å². The number of benzene rings is 1. The lowest BCUT2D eigenvalue weighted by atomic mass is 10.0. The summed E-state index contributed by atoms with van der Waals surface area (Å²) in [5.74, 6) is 1.45. The Kier molecular flexibility index (Phi) is 14.0. The molecule has 0 bridgehead atoms. The second-order valence-electron chi connectivity index (χ2n) is 10.4. The van der Waals surface area contributed by atoms with Crippen molar-refractivity contribution in [2.75, 3.05) is 19.8 Å². The van der Waals surface area contributed by atoms with Crippen LogP contribution in [0.4, 0.5) is 0 Å². The van der Waals surface area contributed by atoms with Gasteiger partial charge < -0.3 is 14.2 Å². The summed E-state index contributed by atoms with van der Waals surface area (Å²) in [5, 5.41) is 0. The van der Waals surface area contributed by atoms with Crippen molar-refractivity contribution in [1.82, 2.24) is 4.98 Å². The first-order valence-corrected chi connectivity index (χ1v) is 14.7. The lowest BCUT2D eigenvalue weighted by Crippen LogP contribution is -2.27. The van der Waals surface area contributed by atoms with E-state index in [4.69, 9.17) is 14.2 Å².